The summed E-state index contributed by atoms with van der Waals surface area (Å²) in [4.78, 5) is 0. The second-order valence-electron chi connectivity index (χ2n) is 4.92. The first-order valence-corrected chi connectivity index (χ1v) is 6.01. The minimum Gasteiger partial charge on any atom is -0.388 e. The van der Waals surface area contributed by atoms with Crippen molar-refractivity contribution in [2.45, 2.75) is 39.7 Å². The van der Waals surface area contributed by atoms with Gasteiger partial charge in [0, 0.05) is 12.2 Å². The van der Waals surface area contributed by atoms with Crippen molar-refractivity contribution in [3.63, 3.8) is 0 Å². The number of aryl methyl sites for hydroxylation is 1. The Labute approximate surface area is 98.7 Å². The Balaban J connectivity index is 2.54. The molecule has 1 aromatic carbocycles. The Morgan fingerprint density at radius 3 is 2.25 bits per heavy atom. The largest absolute Gasteiger partial charge is 0.388 e. The lowest BCUT2D eigenvalue weighted by Crippen LogP contribution is -2.38. The van der Waals surface area contributed by atoms with Crippen molar-refractivity contribution in [1.82, 2.24) is 0 Å². The van der Waals surface area contributed by atoms with Crippen molar-refractivity contribution in [3.8, 4) is 0 Å². The Morgan fingerprint density at radius 1 is 1.25 bits per heavy atom. The predicted octanol–water partition coefficient (Wildman–Crippen LogP) is 3.07. The molecule has 2 N–H and O–H groups in total. The Hall–Kier alpha value is -1.02. The summed E-state index contributed by atoms with van der Waals surface area (Å²) in [6, 6.07) is 8.36. The first kappa shape index (κ1) is 13.0. The number of rotatable bonds is 5. The van der Waals surface area contributed by atoms with Gasteiger partial charge >= 0.3 is 0 Å². The van der Waals surface area contributed by atoms with Crippen molar-refractivity contribution >= 4 is 5.69 Å². The van der Waals surface area contributed by atoms with E-state index in [1.54, 1.807) is 0 Å². The van der Waals surface area contributed by atoms with Gasteiger partial charge in [-0.15, -0.1) is 0 Å². The molecule has 1 rings (SSSR count). The lowest BCUT2D eigenvalue weighted by Gasteiger charge is -2.28. The number of hydrogen-bond acceptors (Lipinski definition) is 2. The molecule has 0 bridgehead atoms. The third-order valence-corrected chi connectivity index (χ3v) is 3.26. The summed E-state index contributed by atoms with van der Waals surface area (Å²) in [6.07, 6.45) is 1.06. The van der Waals surface area contributed by atoms with E-state index in [4.69, 9.17) is 0 Å². The molecule has 0 spiro atoms. The fraction of sp³-hybridized carbons (Fsp3) is 0.571. The smallest absolute Gasteiger partial charge is 0.0813 e. The molecule has 1 aromatic rings. The molecule has 16 heavy (non-hydrogen) atoms. The fourth-order valence-corrected chi connectivity index (χ4v) is 1.34. The third-order valence-electron chi connectivity index (χ3n) is 3.26. The van der Waals surface area contributed by atoms with Crippen LogP contribution in [0, 0.1) is 5.92 Å². The molecule has 0 fully saturated rings. The Bertz CT molecular complexity index is 314. The van der Waals surface area contributed by atoms with E-state index in [1.165, 1.54) is 5.56 Å². The van der Waals surface area contributed by atoms with Crippen molar-refractivity contribution < 1.29 is 5.11 Å². The molecular weight excluding hydrogens is 198 g/mol. The molecule has 0 saturated heterocycles. The topological polar surface area (TPSA) is 32.3 Å². The van der Waals surface area contributed by atoms with Crippen LogP contribution in [0.4, 0.5) is 5.69 Å². The maximum absolute atomic E-state index is 10.1. The van der Waals surface area contributed by atoms with Crippen LogP contribution in [0.3, 0.4) is 0 Å². The van der Waals surface area contributed by atoms with E-state index in [-0.39, 0.29) is 5.92 Å². The molecule has 2 heteroatoms. The number of aliphatic hydroxyl groups is 1. The van der Waals surface area contributed by atoms with Crippen LogP contribution in [-0.2, 0) is 6.42 Å². The van der Waals surface area contributed by atoms with Crippen LogP contribution < -0.4 is 5.32 Å². The number of hydrogen-bond donors (Lipinski definition) is 2. The Morgan fingerprint density at radius 2 is 1.81 bits per heavy atom. The van der Waals surface area contributed by atoms with Gasteiger partial charge < -0.3 is 10.4 Å². The third kappa shape index (κ3) is 3.53. The van der Waals surface area contributed by atoms with Gasteiger partial charge in [0.2, 0.25) is 0 Å². The molecule has 0 saturated carbocycles. The van der Waals surface area contributed by atoms with Gasteiger partial charge in [-0.05, 0) is 37.0 Å². The maximum Gasteiger partial charge on any atom is 0.0813 e. The summed E-state index contributed by atoms with van der Waals surface area (Å²) in [5.74, 6) is 0.245. The predicted molar refractivity (Wildman–Crippen MR) is 69.8 cm³/mol. The molecule has 0 radical (unpaired) electrons. The van der Waals surface area contributed by atoms with Gasteiger partial charge in [0.15, 0.2) is 0 Å². The lowest BCUT2D eigenvalue weighted by atomic mass is 9.92. The quantitative estimate of drug-likeness (QED) is 0.801. The second-order valence-corrected chi connectivity index (χ2v) is 4.92. The summed E-state index contributed by atoms with van der Waals surface area (Å²) < 4.78 is 0. The van der Waals surface area contributed by atoms with Gasteiger partial charge in [-0.25, -0.2) is 0 Å². The van der Waals surface area contributed by atoms with Crippen LogP contribution in [0.1, 0.15) is 33.3 Å². The minimum absolute atomic E-state index is 0.245. The van der Waals surface area contributed by atoms with Crippen molar-refractivity contribution in [2.24, 2.45) is 5.92 Å². The first-order valence-electron chi connectivity index (χ1n) is 6.01. The van der Waals surface area contributed by atoms with Crippen molar-refractivity contribution in [3.05, 3.63) is 29.8 Å². The zero-order chi connectivity index (χ0) is 12.2. The van der Waals surface area contributed by atoms with Crippen LogP contribution >= 0.6 is 0 Å². The average molecular weight is 221 g/mol. The molecular formula is C14H23NO. The normalized spacial score (nSPS) is 14.9. The van der Waals surface area contributed by atoms with Crippen molar-refractivity contribution in [2.75, 3.05) is 11.9 Å². The highest BCUT2D eigenvalue weighted by molar-refractivity contribution is 5.44. The number of benzene rings is 1. The van der Waals surface area contributed by atoms with E-state index >= 15 is 0 Å². The van der Waals surface area contributed by atoms with E-state index in [0.717, 1.165) is 12.1 Å². The molecule has 0 aromatic heterocycles. The van der Waals surface area contributed by atoms with Gasteiger partial charge in [-0.3, -0.25) is 0 Å². The number of anilines is 1. The van der Waals surface area contributed by atoms with Crippen LogP contribution in [0.15, 0.2) is 24.3 Å². The number of nitrogens with one attached hydrogen (secondary N) is 1. The molecule has 1 unspecified atom stereocenters. The molecule has 0 aliphatic rings. The average Bonchev–Trinajstić information content (AvgIpc) is 2.27. The molecule has 90 valence electrons. The van der Waals surface area contributed by atoms with E-state index in [9.17, 15) is 5.11 Å². The first-order chi connectivity index (χ1) is 7.45. The monoisotopic (exact) mass is 221 g/mol. The highest BCUT2D eigenvalue weighted by atomic mass is 16.3. The van der Waals surface area contributed by atoms with Crippen LogP contribution in [-0.4, -0.2) is 17.3 Å². The molecule has 1 atom stereocenters. The summed E-state index contributed by atoms with van der Waals surface area (Å²) in [5.41, 5.74) is 1.74. The molecule has 0 amide bonds. The zero-order valence-corrected chi connectivity index (χ0v) is 10.7. The van der Waals surface area contributed by atoms with E-state index in [2.05, 4.69) is 36.5 Å². The molecule has 0 aliphatic heterocycles. The second kappa shape index (κ2) is 5.35. The summed E-state index contributed by atoms with van der Waals surface area (Å²) in [6.45, 7) is 8.65. The molecule has 0 aliphatic carbocycles. The summed E-state index contributed by atoms with van der Waals surface area (Å²) in [5, 5.41) is 13.4. The van der Waals surface area contributed by atoms with Gasteiger partial charge in [0.1, 0.15) is 0 Å². The zero-order valence-electron chi connectivity index (χ0n) is 10.7. The standard InChI is InChI=1S/C14H23NO/c1-5-12-6-8-13(9-7-12)15-10-14(4,16)11(2)3/h6-9,11,15-16H,5,10H2,1-4H3. The highest BCUT2D eigenvalue weighted by Crippen LogP contribution is 2.17. The SMILES string of the molecule is CCc1ccc(NCC(C)(O)C(C)C)cc1. The van der Waals surface area contributed by atoms with Gasteiger partial charge in [-0.2, -0.15) is 0 Å². The maximum atomic E-state index is 10.1. The van der Waals surface area contributed by atoms with Crippen LogP contribution in [0.25, 0.3) is 0 Å². The molecule has 2 nitrogen and oxygen atoms in total. The van der Waals surface area contributed by atoms with Gasteiger partial charge in [0.05, 0.1) is 5.60 Å². The minimum atomic E-state index is -0.663. The molecule has 0 heterocycles. The summed E-state index contributed by atoms with van der Waals surface area (Å²) in [7, 11) is 0. The summed E-state index contributed by atoms with van der Waals surface area (Å²) >= 11 is 0. The van der Waals surface area contributed by atoms with E-state index < -0.39 is 5.60 Å². The van der Waals surface area contributed by atoms with Gasteiger partial charge in [-0.1, -0.05) is 32.9 Å². The van der Waals surface area contributed by atoms with Crippen LogP contribution in [0.5, 0.6) is 0 Å². The van der Waals surface area contributed by atoms with Gasteiger partial charge in [0.25, 0.3) is 0 Å². The van der Waals surface area contributed by atoms with E-state index in [1.807, 2.05) is 20.8 Å². The fourth-order valence-electron chi connectivity index (χ4n) is 1.34. The van der Waals surface area contributed by atoms with Crippen LogP contribution in [0.2, 0.25) is 0 Å². The lowest BCUT2D eigenvalue weighted by molar-refractivity contribution is 0.0266. The Kier molecular flexibility index (Phi) is 4.36. The highest BCUT2D eigenvalue weighted by Gasteiger charge is 2.24. The van der Waals surface area contributed by atoms with Crippen molar-refractivity contribution in [1.29, 1.82) is 0 Å². The van der Waals surface area contributed by atoms with E-state index in [0.29, 0.717) is 6.54 Å².